The highest BCUT2D eigenvalue weighted by Crippen LogP contribution is 2.28. The molecule has 0 aliphatic rings. The number of hydrogen-bond acceptors (Lipinski definition) is 7. The smallest absolute Gasteiger partial charge is 0.336 e. The van der Waals surface area contributed by atoms with Gasteiger partial charge in [0.2, 0.25) is 0 Å². The molecule has 0 fully saturated rings. The van der Waals surface area contributed by atoms with E-state index < -0.39 is 5.97 Å². The molecule has 0 aliphatic carbocycles. The summed E-state index contributed by atoms with van der Waals surface area (Å²) in [5.41, 5.74) is 2.90. The largest absolute Gasteiger partial charge is 0.497 e. The summed E-state index contributed by atoms with van der Waals surface area (Å²) < 4.78 is 18.8. The van der Waals surface area contributed by atoms with Gasteiger partial charge in [0, 0.05) is 17.6 Å². The molecule has 7 nitrogen and oxygen atoms in total. The number of ketones is 1. The third kappa shape index (κ3) is 4.75. The van der Waals surface area contributed by atoms with E-state index in [9.17, 15) is 14.7 Å². The number of nitrogens with zero attached hydrogens (tertiary/aromatic N) is 2. The van der Waals surface area contributed by atoms with Gasteiger partial charge in [0.25, 0.3) is 0 Å². The number of aliphatic carboxylic acids is 1. The number of carboxylic acid groups (broad SMARTS) is 1. The molecule has 4 aromatic rings. The average molecular weight is 461 g/mol. The van der Waals surface area contributed by atoms with Crippen molar-refractivity contribution in [1.82, 2.24) is 8.75 Å². The number of rotatable bonds is 8. The highest BCUT2D eigenvalue weighted by atomic mass is 32.1. The number of fused-ring (bicyclic) bond motifs is 1. The molecule has 33 heavy (non-hydrogen) atoms. The van der Waals surface area contributed by atoms with Crippen LogP contribution in [-0.4, -0.2) is 39.8 Å². The Morgan fingerprint density at radius 3 is 2.00 bits per heavy atom. The van der Waals surface area contributed by atoms with Crippen molar-refractivity contribution in [3.05, 3.63) is 89.0 Å². The lowest BCUT2D eigenvalue weighted by atomic mass is 9.89. The molecule has 1 N–H and O–H groups in total. The Kier molecular flexibility index (Phi) is 6.46. The predicted molar refractivity (Wildman–Crippen MR) is 126 cm³/mol. The highest BCUT2D eigenvalue weighted by molar-refractivity contribution is 7.00. The van der Waals surface area contributed by atoms with Crippen LogP contribution in [0.2, 0.25) is 0 Å². The van der Waals surface area contributed by atoms with Gasteiger partial charge >= 0.3 is 5.97 Å². The fraction of sp³-hybridized carbons (Fsp3) is 0.120. The number of carbonyl (C=O) groups excluding carboxylic acids is 1. The van der Waals surface area contributed by atoms with Gasteiger partial charge in [0.15, 0.2) is 5.78 Å². The molecule has 1 heterocycles. The quantitative estimate of drug-likeness (QED) is 0.301. The minimum atomic E-state index is -1.19. The van der Waals surface area contributed by atoms with E-state index in [1.165, 1.54) is 7.11 Å². The van der Waals surface area contributed by atoms with E-state index in [1.807, 2.05) is 12.1 Å². The molecule has 1 aromatic heterocycles. The van der Waals surface area contributed by atoms with E-state index in [2.05, 4.69) is 8.75 Å². The molecule has 4 rings (SSSR count). The zero-order valence-electron chi connectivity index (χ0n) is 17.9. The van der Waals surface area contributed by atoms with Gasteiger partial charge in [0.1, 0.15) is 22.5 Å². The van der Waals surface area contributed by atoms with Gasteiger partial charge in [-0.15, -0.1) is 0 Å². The summed E-state index contributed by atoms with van der Waals surface area (Å²) in [6.45, 7) is 0. The maximum atomic E-state index is 13.6. The summed E-state index contributed by atoms with van der Waals surface area (Å²) in [5, 5.41) is 10.2. The molecule has 3 aromatic carbocycles. The lowest BCUT2D eigenvalue weighted by molar-refractivity contribution is -0.130. The van der Waals surface area contributed by atoms with Crippen LogP contribution in [0.1, 0.15) is 21.5 Å². The Bertz CT molecular complexity index is 1340. The van der Waals surface area contributed by atoms with Crippen molar-refractivity contribution in [3.8, 4) is 11.5 Å². The number of aromatic nitrogens is 2. The number of carbonyl (C=O) groups is 2. The van der Waals surface area contributed by atoms with E-state index in [-0.39, 0.29) is 23.4 Å². The fourth-order valence-electron chi connectivity index (χ4n) is 3.51. The fourth-order valence-corrected chi connectivity index (χ4v) is 4.03. The number of ether oxygens (including phenoxy) is 2. The van der Waals surface area contributed by atoms with Gasteiger partial charge in [-0.1, -0.05) is 18.2 Å². The van der Waals surface area contributed by atoms with E-state index in [0.717, 1.165) is 17.3 Å². The minimum absolute atomic E-state index is 0.0680. The first-order chi connectivity index (χ1) is 16.0. The van der Waals surface area contributed by atoms with Crippen LogP contribution in [0.4, 0.5) is 0 Å². The number of carboxylic acids is 1. The van der Waals surface area contributed by atoms with E-state index in [4.69, 9.17) is 9.47 Å². The molecular formula is C25H20N2O5S. The summed E-state index contributed by atoms with van der Waals surface area (Å²) in [7, 11) is 3.11. The lowest BCUT2D eigenvalue weighted by Gasteiger charge is -2.14. The number of allylic oxidation sites excluding steroid dienone is 1. The molecule has 0 spiro atoms. The number of Topliss-reactive ketones (excluding diaryl/α,β-unsaturated/α-hetero) is 1. The number of hydrogen-bond donors (Lipinski definition) is 1. The Balaban J connectivity index is 1.87. The minimum Gasteiger partial charge on any atom is -0.497 e. The van der Waals surface area contributed by atoms with Crippen molar-refractivity contribution < 1.29 is 24.2 Å². The van der Waals surface area contributed by atoms with E-state index >= 15 is 0 Å². The summed E-state index contributed by atoms with van der Waals surface area (Å²) in [6.07, 6.45) is 0.129. The van der Waals surface area contributed by atoms with Crippen molar-refractivity contribution in [2.24, 2.45) is 0 Å². The van der Waals surface area contributed by atoms with Crippen molar-refractivity contribution >= 4 is 40.1 Å². The SMILES string of the molecule is COc1ccc(C/C(C(=O)c2ccc(OC)cc2)=C(/C(=O)O)c2ccc3nsnc3c2)cc1. The second-order valence-electron chi connectivity index (χ2n) is 7.21. The van der Waals surface area contributed by atoms with Crippen LogP contribution >= 0.6 is 11.7 Å². The summed E-state index contributed by atoms with van der Waals surface area (Å²) in [6, 6.07) is 18.8. The summed E-state index contributed by atoms with van der Waals surface area (Å²) in [5.74, 6) is -0.289. The molecule has 0 amide bonds. The normalized spacial score (nSPS) is 11.7. The van der Waals surface area contributed by atoms with Gasteiger partial charge in [-0.05, 0) is 59.7 Å². The van der Waals surface area contributed by atoms with Gasteiger partial charge in [-0.25, -0.2) is 4.79 Å². The molecule has 8 heteroatoms. The maximum Gasteiger partial charge on any atom is 0.336 e. The van der Waals surface area contributed by atoms with Crippen LogP contribution in [0, 0.1) is 0 Å². The molecule has 0 bridgehead atoms. The zero-order chi connectivity index (χ0) is 23.4. The van der Waals surface area contributed by atoms with Crippen LogP contribution in [-0.2, 0) is 11.2 Å². The summed E-state index contributed by atoms with van der Waals surface area (Å²) >= 11 is 1.05. The average Bonchev–Trinajstić information content (AvgIpc) is 3.31. The standard InChI is InChI=1S/C25H20N2O5S/c1-31-18-8-3-15(4-9-18)13-20(24(28)16-5-10-19(32-2)11-6-16)23(25(29)30)17-7-12-21-22(14-17)27-33-26-21/h3-12,14H,13H2,1-2H3,(H,29,30)/b23-20-. The first-order valence-corrected chi connectivity index (χ1v) is 10.7. The first-order valence-electron chi connectivity index (χ1n) is 10.0. The Labute approximate surface area is 194 Å². The van der Waals surface area contributed by atoms with Crippen LogP contribution in [0.25, 0.3) is 16.6 Å². The maximum absolute atomic E-state index is 13.6. The molecule has 0 saturated heterocycles. The zero-order valence-corrected chi connectivity index (χ0v) is 18.8. The van der Waals surface area contributed by atoms with Crippen molar-refractivity contribution in [1.29, 1.82) is 0 Å². The Morgan fingerprint density at radius 2 is 1.39 bits per heavy atom. The molecule has 0 aliphatic heterocycles. The molecule has 0 radical (unpaired) electrons. The van der Waals surface area contributed by atoms with E-state index in [1.54, 1.807) is 61.7 Å². The van der Waals surface area contributed by atoms with Gasteiger partial charge in [-0.3, -0.25) is 4.79 Å². The second kappa shape index (κ2) is 9.62. The first kappa shape index (κ1) is 22.2. The number of methoxy groups -OCH3 is 2. The van der Waals surface area contributed by atoms with Gasteiger partial charge < -0.3 is 14.6 Å². The topological polar surface area (TPSA) is 98.6 Å². The third-order valence-corrected chi connectivity index (χ3v) is 5.78. The van der Waals surface area contributed by atoms with Crippen molar-refractivity contribution in [3.63, 3.8) is 0 Å². The van der Waals surface area contributed by atoms with Crippen LogP contribution in [0.5, 0.6) is 11.5 Å². The van der Waals surface area contributed by atoms with Crippen LogP contribution in [0.3, 0.4) is 0 Å². The predicted octanol–water partition coefficient (Wildman–Crippen LogP) is 4.67. The molecule has 0 saturated carbocycles. The molecule has 0 atom stereocenters. The lowest BCUT2D eigenvalue weighted by Crippen LogP contribution is -2.14. The van der Waals surface area contributed by atoms with Crippen molar-refractivity contribution in [2.45, 2.75) is 6.42 Å². The Morgan fingerprint density at radius 1 is 0.818 bits per heavy atom. The molecular weight excluding hydrogens is 440 g/mol. The summed E-state index contributed by atoms with van der Waals surface area (Å²) in [4.78, 5) is 26.1. The monoisotopic (exact) mass is 460 g/mol. The van der Waals surface area contributed by atoms with Gasteiger partial charge in [-0.2, -0.15) is 8.75 Å². The second-order valence-corrected chi connectivity index (χ2v) is 7.74. The van der Waals surface area contributed by atoms with Crippen LogP contribution < -0.4 is 9.47 Å². The van der Waals surface area contributed by atoms with E-state index in [0.29, 0.717) is 33.7 Å². The van der Waals surface area contributed by atoms with Gasteiger partial charge in [0.05, 0.1) is 31.5 Å². The van der Waals surface area contributed by atoms with Crippen LogP contribution in [0.15, 0.2) is 72.3 Å². The van der Waals surface area contributed by atoms with Crippen molar-refractivity contribution in [2.75, 3.05) is 14.2 Å². The molecule has 166 valence electrons. The highest BCUT2D eigenvalue weighted by Gasteiger charge is 2.24. The number of benzene rings is 3. The third-order valence-electron chi connectivity index (χ3n) is 5.22. The Hall–Kier alpha value is -4.04. The molecule has 0 unspecified atom stereocenters.